The first-order valence-corrected chi connectivity index (χ1v) is 11.2. The van der Waals surface area contributed by atoms with Gasteiger partial charge >= 0.3 is 11.9 Å². The Kier molecular flexibility index (Phi) is 8.22. The molecular formula is C22H30N6O8. The molecule has 0 aromatic carbocycles. The van der Waals surface area contributed by atoms with Gasteiger partial charge < -0.3 is 40.3 Å². The zero-order valence-corrected chi connectivity index (χ0v) is 20.5. The van der Waals surface area contributed by atoms with E-state index in [1.807, 2.05) is 13.8 Å². The minimum atomic E-state index is -1.19. The largest absolute Gasteiger partial charge is 0.456 e. The van der Waals surface area contributed by atoms with Gasteiger partial charge in [-0.3, -0.25) is 19.2 Å². The van der Waals surface area contributed by atoms with E-state index in [1.165, 1.54) is 30.9 Å². The number of amides is 2. The van der Waals surface area contributed by atoms with Crippen LogP contribution in [0.15, 0.2) is 12.5 Å². The third-order valence-electron chi connectivity index (χ3n) is 5.72. The summed E-state index contributed by atoms with van der Waals surface area (Å²) in [5.41, 5.74) is 5.71. The summed E-state index contributed by atoms with van der Waals surface area (Å²) in [6, 6.07) is -0.546. The average Bonchev–Trinajstić information content (AvgIpc) is 3.32. The number of hydrogen-bond donors (Lipinski definition) is 4. The number of fused-ring (bicyclic) bond motifs is 1. The third kappa shape index (κ3) is 5.29. The van der Waals surface area contributed by atoms with E-state index in [-0.39, 0.29) is 34.2 Å². The lowest BCUT2D eigenvalue weighted by molar-refractivity contribution is -0.165. The molecule has 2 amide bonds. The van der Waals surface area contributed by atoms with Gasteiger partial charge in [0.2, 0.25) is 5.91 Å². The zero-order chi connectivity index (χ0) is 26.7. The molecule has 14 nitrogen and oxygen atoms in total. The second-order valence-electron chi connectivity index (χ2n) is 8.63. The molecule has 0 saturated carbocycles. The minimum absolute atomic E-state index is 0.0342. The van der Waals surface area contributed by atoms with Crippen molar-refractivity contribution in [2.75, 3.05) is 19.0 Å². The van der Waals surface area contributed by atoms with E-state index in [4.69, 9.17) is 19.9 Å². The van der Waals surface area contributed by atoms with Crippen LogP contribution in [-0.2, 0) is 28.6 Å². The first-order valence-electron chi connectivity index (χ1n) is 11.2. The number of aliphatic hydroxyl groups is 1. The Balaban J connectivity index is 2.14. The second kappa shape index (κ2) is 11.0. The van der Waals surface area contributed by atoms with E-state index >= 15 is 0 Å². The molecule has 0 radical (unpaired) electrons. The highest BCUT2D eigenvalue weighted by molar-refractivity contribution is 6.11. The van der Waals surface area contributed by atoms with Gasteiger partial charge in [0.05, 0.1) is 23.6 Å². The number of ether oxygens (including phenoxy) is 3. The number of esters is 2. The maximum Gasteiger partial charge on any atom is 0.303 e. The fourth-order valence-electron chi connectivity index (χ4n) is 4.25. The highest BCUT2D eigenvalue weighted by Crippen LogP contribution is 2.38. The van der Waals surface area contributed by atoms with E-state index in [0.29, 0.717) is 0 Å². The molecule has 0 aliphatic carbocycles. The summed E-state index contributed by atoms with van der Waals surface area (Å²) < 4.78 is 17.9. The number of likely N-dealkylation sites (N-methyl/N-ethyl adjacent to an activating group) is 1. The van der Waals surface area contributed by atoms with Crippen LogP contribution in [0.1, 0.15) is 44.3 Å². The number of aliphatic hydroxyl groups excluding tert-OH is 1. The molecule has 3 rings (SSSR count). The van der Waals surface area contributed by atoms with Gasteiger partial charge in [0.1, 0.15) is 23.9 Å². The van der Waals surface area contributed by atoms with Crippen LogP contribution in [0.3, 0.4) is 0 Å². The van der Waals surface area contributed by atoms with Gasteiger partial charge in [0, 0.05) is 20.0 Å². The molecule has 36 heavy (non-hydrogen) atoms. The van der Waals surface area contributed by atoms with E-state index in [2.05, 4.69) is 20.6 Å². The minimum Gasteiger partial charge on any atom is -0.456 e. The van der Waals surface area contributed by atoms with Crippen LogP contribution in [0.25, 0.3) is 11.0 Å². The number of carbonyl (C=O) groups is 4. The Labute approximate surface area is 206 Å². The molecule has 2 aromatic heterocycles. The van der Waals surface area contributed by atoms with Crippen molar-refractivity contribution in [1.29, 1.82) is 0 Å². The summed E-state index contributed by atoms with van der Waals surface area (Å²) in [6.45, 7) is 5.52. The van der Waals surface area contributed by atoms with Crippen LogP contribution in [0, 0.1) is 5.92 Å². The molecule has 5 N–H and O–H groups in total. The van der Waals surface area contributed by atoms with E-state index < -0.39 is 55.0 Å². The molecule has 1 saturated heterocycles. The fourth-order valence-corrected chi connectivity index (χ4v) is 4.25. The number of nitrogens with zero attached hydrogens (tertiary/aromatic N) is 3. The normalized spacial score (nSPS) is 22.4. The van der Waals surface area contributed by atoms with Crippen molar-refractivity contribution in [2.24, 2.45) is 11.7 Å². The monoisotopic (exact) mass is 506 g/mol. The lowest BCUT2D eigenvalue weighted by Gasteiger charge is -2.24. The van der Waals surface area contributed by atoms with Gasteiger partial charge in [-0.15, -0.1) is 0 Å². The number of nitrogens with one attached hydrogen (secondary N) is 2. The molecule has 0 spiro atoms. The smallest absolute Gasteiger partial charge is 0.303 e. The van der Waals surface area contributed by atoms with Crippen LogP contribution >= 0.6 is 0 Å². The predicted octanol–water partition coefficient (Wildman–Crippen LogP) is -0.534. The topological polar surface area (TPSA) is 197 Å². The van der Waals surface area contributed by atoms with Crippen molar-refractivity contribution in [2.45, 2.75) is 58.3 Å². The number of carbonyl (C=O) groups excluding carboxylic acids is 4. The standard InChI is InChI=1S/C22H30N6O8/c1-9(2)15(24-5)21(33)27-19-14-12(18(23)32)6-28(20(14)26-8-25-19)22-17(35-11(4)31)16(34-10(3)30)13(7-29)36-22/h6,8-9,13,15-17,22,24,29H,7H2,1-5H3,(H2,23,32)(H,25,26,27,33)/t13-,15?,16?,17+,22-/m1/s1. The van der Waals surface area contributed by atoms with Crippen LogP contribution < -0.4 is 16.4 Å². The van der Waals surface area contributed by atoms with Gasteiger partial charge in [-0.25, -0.2) is 9.97 Å². The number of aromatic nitrogens is 3. The van der Waals surface area contributed by atoms with E-state index in [0.717, 1.165) is 0 Å². The molecule has 2 aromatic rings. The summed E-state index contributed by atoms with van der Waals surface area (Å²) in [5.74, 6) is -2.60. The molecule has 14 heteroatoms. The summed E-state index contributed by atoms with van der Waals surface area (Å²) in [7, 11) is 1.65. The molecule has 196 valence electrons. The van der Waals surface area contributed by atoms with Crippen molar-refractivity contribution < 1.29 is 38.5 Å². The summed E-state index contributed by atoms with van der Waals surface area (Å²) >= 11 is 0. The highest BCUT2D eigenvalue weighted by Gasteiger charge is 2.50. The predicted molar refractivity (Wildman–Crippen MR) is 124 cm³/mol. The fraction of sp³-hybridized carbons (Fsp3) is 0.545. The number of nitrogens with two attached hydrogens (primary N) is 1. The van der Waals surface area contributed by atoms with Gasteiger partial charge in [0.15, 0.2) is 18.4 Å². The maximum absolute atomic E-state index is 12.9. The van der Waals surface area contributed by atoms with Crippen molar-refractivity contribution in [1.82, 2.24) is 19.9 Å². The zero-order valence-electron chi connectivity index (χ0n) is 20.5. The molecule has 1 aliphatic heterocycles. The van der Waals surface area contributed by atoms with Crippen molar-refractivity contribution in [3.63, 3.8) is 0 Å². The van der Waals surface area contributed by atoms with Crippen molar-refractivity contribution in [3.8, 4) is 0 Å². The summed E-state index contributed by atoms with van der Waals surface area (Å²) in [6.07, 6.45) is -2.04. The molecule has 2 unspecified atom stereocenters. The molecule has 1 fully saturated rings. The van der Waals surface area contributed by atoms with Gasteiger partial charge in [-0.1, -0.05) is 13.8 Å². The number of rotatable bonds is 9. The first-order chi connectivity index (χ1) is 17.0. The number of anilines is 1. The summed E-state index contributed by atoms with van der Waals surface area (Å²) in [4.78, 5) is 57.1. The van der Waals surface area contributed by atoms with Crippen LogP contribution in [0.2, 0.25) is 0 Å². The van der Waals surface area contributed by atoms with Gasteiger partial charge in [-0.2, -0.15) is 0 Å². The van der Waals surface area contributed by atoms with Crippen LogP contribution in [-0.4, -0.2) is 81.4 Å². The summed E-state index contributed by atoms with van der Waals surface area (Å²) in [5, 5.41) is 15.6. The second-order valence-corrected chi connectivity index (χ2v) is 8.63. The Morgan fingerprint density at radius 1 is 1.17 bits per heavy atom. The first kappa shape index (κ1) is 27.0. The van der Waals surface area contributed by atoms with Gasteiger partial charge in [-0.05, 0) is 13.0 Å². The van der Waals surface area contributed by atoms with Gasteiger partial charge in [0.25, 0.3) is 5.91 Å². The van der Waals surface area contributed by atoms with Crippen molar-refractivity contribution >= 4 is 40.6 Å². The molecule has 0 bridgehead atoms. The van der Waals surface area contributed by atoms with Crippen LogP contribution in [0.5, 0.6) is 0 Å². The highest BCUT2D eigenvalue weighted by atomic mass is 16.6. The Morgan fingerprint density at radius 3 is 2.33 bits per heavy atom. The third-order valence-corrected chi connectivity index (χ3v) is 5.72. The van der Waals surface area contributed by atoms with Crippen molar-refractivity contribution in [3.05, 3.63) is 18.1 Å². The number of primary amides is 1. The maximum atomic E-state index is 12.9. The SMILES string of the molecule is CNC(C(=O)Nc1ncnc2c1c(C(N)=O)cn2[C@@H]1O[C@H](CO)C(OC(C)=O)[C@@H]1OC(C)=O)C(C)C. The Hall–Kier alpha value is -3.62. The quantitative estimate of drug-likeness (QED) is 0.319. The molecule has 1 aliphatic rings. The van der Waals surface area contributed by atoms with E-state index in [1.54, 1.807) is 7.05 Å². The Bertz CT molecular complexity index is 1160. The average molecular weight is 507 g/mol. The van der Waals surface area contributed by atoms with E-state index in [9.17, 15) is 24.3 Å². The Morgan fingerprint density at radius 2 is 1.81 bits per heavy atom. The molecule has 3 heterocycles. The van der Waals surface area contributed by atoms with Crippen LogP contribution in [0.4, 0.5) is 5.82 Å². The molecular weight excluding hydrogens is 476 g/mol. The molecule has 5 atom stereocenters. The lowest BCUT2D eigenvalue weighted by atomic mass is 10.0. The number of hydrogen-bond acceptors (Lipinski definition) is 11. The lowest BCUT2D eigenvalue weighted by Crippen LogP contribution is -2.42.